The van der Waals surface area contributed by atoms with E-state index >= 15 is 0 Å². The molecule has 0 radical (unpaired) electrons. The second kappa shape index (κ2) is 6.87. The Morgan fingerprint density at radius 3 is 2.22 bits per heavy atom. The van der Waals surface area contributed by atoms with Crippen molar-refractivity contribution in [2.75, 3.05) is 10.6 Å². The maximum absolute atomic E-state index is 13.4. The predicted molar refractivity (Wildman–Crippen MR) is 81.1 cm³/mol. The zero-order valence-electron chi connectivity index (χ0n) is 12.2. The minimum atomic E-state index is -1.15. The van der Waals surface area contributed by atoms with Crippen LogP contribution in [0, 0.1) is 11.6 Å². The predicted octanol–water partition coefficient (Wildman–Crippen LogP) is 2.81. The molecule has 0 saturated carbocycles. The van der Waals surface area contributed by atoms with E-state index in [1.54, 1.807) is 12.1 Å². The van der Waals surface area contributed by atoms with E-state index in [2.05, 4.69) is 10.6 Å². The van der Waals surface area contributed by atoms with E-state index in [9.17, 15) is 23.5 Å². The van der Waals surface area contributed by atoms with Gasteiger partial charge >= 0.3 is 0 Å². The normalized spacial score (nSPS) is 10.2. The van der Waals surface area contributed by atoms with E-state index in [0.29, 0.717) is 5.56 Å². The molecule has 0 heterocycles. The van der Waals surface area contributed by atoms with Crippen LogP contribution in [-0.4, -0.2) is 16.9 Å². The number of hydrogen-bond acceptors (Lipinski definition) is 3. The van der Waals surface area contributed by atoms with Crippen molar-refractivity contribution in [3.05, 3.63) is 53.6 Å². The zero-order chi connectivity index (χ0) is 17.0. The van der Waals surface area contributed by atoms with Crippen molar-refractivity contribution in [2.24, 2.45) is 0 Å². The van der Waals surface area contributed by atoms with Crippen molar-refractivity contribution >= 4 is 23.2 Å². The van der Waals surface area contributed by atoms with Crippen LogP contribution in [0.25, 0.3) is 0 Å². The number of nitrogens with one attached hydrogen (secondary N) is 2. The molecule has 2 amide bonds. The Kier molecular flexibility index (Phi) is 4.90. The number of phenols is 1. The Balaban J connectivity index is 2.19. The van der Waals surface area contributed by atoms with Crippen LogP contribution in [0.4, 0.5) is 20.2 Å². The van der Waals surface area contributed by atoms with Crippen molar-refractivity contribution in [1.29, 1.82) is 0 Å². The molecule has 7 heteroatoms. The van der Waals surface area contributed by atoms with Crippen LogP contribution < -0.4 is 10.6 Å². The fraction of sp³-hybridized carbons (Fsp3) is 0.125. The number of rotatable bonds is 4. The highest BCUT2D eigenvalue weighted by Gasteiger charge is 2.14. The summed E-state index contributed by atoms with van der Waals surface area (Å²) in [5.74, 6) is -3.26. The first kappa shape index (κ1) is 16.4. The molecule has 120 valence electrons. The summed E-state index contributed by atoms with van der Waals surface area (Å²) in [4.78, 5) is 23.1. The molecule has 2 aromatic carbocycles. The molecule has 2 aromatic rings. The van der Waals surface area contributed by atoms with Gasteiger partial charge < -0.3 is 15.7 Å². The lowest BCUT2D eigenvalue weighted by atomic mass is 10.1. The summed E-state index contributed by atoms with van der Waals surface area (Å²) in [6.07, 6.45) is -0.0765. The Morgan fingerprint density at radius 1 is 1.04 bits per heavy atom. The van der Waals surface area contributed by atoms with Gasteiger partial charge in [-0.05, 0) is 17.7 Å². The van der Waals surface area contributed by atoms with E-state index < -0.39 is 23.4 Å². The number of amides is 2. The number of aromatic hydroxyl groups is 1. The Bertz CT molecular complexity index is 763. The van der Waals surface area contributed by atoms with Crippen LogP contribution in [0.2, 0.25) is 0 Å². The SMILES string of the molecule is CC(=O)Nc1cc(F)c(F)cc1NC(=O)Cc1cccc(O)c1. The van der Waals surface area contributed by atoms with Gasteiger partial charge in [-0.25, -0.2) is 8.78 Å². The molecule has 0 fully saturated rings. The van der Waals surface area contributed by atoms with Crippen LogP contribution >= 0.6 is 0 Å². The van der Waals surface area contributed by atoms with Gasteiger partial charge in [-0.3, -0.25) is 9.59 Å². The molecule has 0 bridgehead atoms. The van der Waals surface area contributed by atoms with Crippen LogP contribution in [-0.2, 0) is 16.0 Å². The van der Waals surface area contributed by atoms with Crippen molar-refractivity contribution < 1.29 is 23.5 Å². The van der Waals surface area contributed by atoms with E-state index in [4.69, 9.17) is 0 Å². The van der Waals surface area contributed by atoms with Crippen LogP contribution in [0.1, 0.15) is 12.5 Å². The average Bonchev–Trinajstić information content (AvgIpc) is 2.43. The summed E-state index contributed by atoms with van der Waals surface area (Å²) >= 11 is 0. The summed E-state index contributed by atoms with van der Waals surface area (Å²) in [7, 11) is 0. The smallest absolute Gasteiger partial charge is 0.228 e. The summed E-state index contributed by atoms with van der Waals surface area (Å²) in [5, 5.41) is 14.1. The summed E-state index contributed by atoms with van der Waals surface area (Å²) in [6.45, 7) is 1.21. The molecule has 5 nitrogen and oxygen atoms in total. The fourth-order valence-electron chi connectivity index (χ4n) is 1.99. The lowest BCUT2D eigenvalue weighted by Gasteiger charge is -2.12. The van der Waals surface area contributed by atoms with Gasteiger partial charge in [0.2, 0.25) is 11.8 Å². The van der Waals surface area contributed by atoms with E-state index in [-0.39, 0.29) is 23.5 Å². The maximum atomic E-state index is 13.4. The van der Waals surface area contributed by atoms with Gasteiger partial charge in [0.05, 0.1) is 17.8 Å². The lowest BCUT2D eigenvalue weighted by molar-refractivity contribution is -0.116. The van der Waals surface area contributed by atoms with Gasteiger partial charge in [-0.1, -0.05) is 12.1 Å². The molecule has 0 unspecified atom stereocenters. The third kappa shape index (κ3) is 4.50. The fourth-order valence-corrected chi connectivity index (χ4v) is 1.99. The second-order valence-corrected chi connectivity index (χ2v) is 4.89. The first-order valence-electron chi connectivity index (χ1n) is 6.69. The molecular weight excluding hydrogens is 306 g/mol. The minimum Gasteiger partial charge on any atom is -0.508 e. The zero-order valence-corrected chi connectivity index (χ0v) is 12.2. The minimum absolute atomic E-state index is 0.0158. The third-order valence-electron chi connectivity index (χ3n) is 2.92. The number of phenolic OH excluding ortho intramolecular Hbond substituents is 1. The largest absolute Gasteiger partial charge is 0.508 e. The van der Waals surface area contributed by atoms with Crippen molar-refractivity contribution in [3.63, 3.8) is 0 Å². The quantitative estimate of drug-likeness (QED) is 0.810. The summed E-state index contributed by atoms with van der Waals surface area (Å²) in [5.41, 5.74) is 0.455. The Labute approximate surface area is 130 Å². The number of anilines is 2. The number of benzene rings is 2. The molecule has 0 aliphatic heterocycles. The highest BCUT2D eigenvalue weighted by atomic mass is 19.2. The van der Waals surface area contributed by atoms with Crippen molar-refractivity contribution in [3.8, 4) is 5.75 Å². The van der Waals surface area contributed by atoms with Crippen molar-refractivity contribution in [2.45, 2.75) is 13.3 Å². The first-order chi connectivity index (χ1) is 10.8. The van der Waals surface area contributed by atoms with Crippen molar-refractivity contribution in [1.82, 2.24) is 0 Å². The first-order valence-corrected chi connectivity index (χ1v) is 6.69. The molecule has 0 aliphatic carbocycles. The van der Waals surface area contributed by atoms with E-state index in [0.717, 1.165) is 12.1 Å². The maximum Gasteiger partial charge on any atom is 0.228 e. The Morgan fingerprint density at radius 2 is 1.65 bits per heavy atom. The molecule has 0 atom stereocenters. The van der Waals surface area contributed by atoms with Gasteiger partial charge in [0.25, 0.3) is 0 Å². The van der Waals surface area contributed by atoms with Crippen LogP contribution in [0.15, 0.2) is 36.4 Å². The molecule has 0 aliphatic rings. The van der Waals surface area contributed by atoms with Crippen LogP contribution in [0.5, 0.6) is 5.75 Å². The molecule has 3 N–H and O–H groups in total. The van der Waals surface area contributed by atoms with Gasteiger partial charge in [0, 0.05) is 19.1 Å². The van der Waals surface area contributed by atoms with Gasteiger partial charge in [0.15, 0.2) is 11.6 Å². The molecule has 2 rings (SSSR count). The highest BCUT2D eigenvalue weighted by molar-refractivity contribution is 5.99. The number of carbonyl (C=O) groups is 2. The number of carbonyl (C=O) groups excluding carboxylic acids is 2. The van der Waals surface area contributed by atoms with Gasteiger partial charge in [-0.15, -0.1) is 0 Å². The van der Waals surface area contributed by atoms with E-state index in [1.165, 1.54) is 19.1 Å². The van der Waals surface area contributed by atoms with Gasteiger partial charge in [-0.2, -0.15) is 0 Å². The molecule has 0 aromatic heterocycles. The number of halogens is 2. The average molecular weight is 320 g/mol. The highest BCUT2D eigenvalue weighted by Crippen LogP contribution is 2.25. The number of hydrogen-bond donors (Lipinski definition) is 3. The molecular formula is C16H14F2N2O3. The Hall–Kier alpha value is -2.96. The lowest BCUT2D eigenvalue weighted by Crippen LogP contribution is -2.17. The molecule has 0 spiro atoms. The summed E-state index contributed by atoms with van der Waals surface area (Å²) in [6, 6.07) is 7.68. The molecule has 23 heavy (non-hydrogen) atoms. The standard InChI is InChI=1S/C16H14F2N2O3/c1-9(21)19-14-7-12(17)13(18)8-15(14)20-16(23)6-10-3-2-4-11(22)5-10/h2-5,7-8,22H,6H2,1H3,(H,19,21)(H,20,23). The topological polar surface area (TPSA) is 78.4 Å². The van der Waals surface area contributed by atoms with Crippen LogP contribution in [0.3, 0.4) is 0 Å². The monoisotopic (exact) mass is 320 g/mol. The summed E-state index contributed by atoms with van der Waals surface area (Å²) < 4.78 is 26.6. The van der Waals surface area contributed by atoms with Gasteiger partial charge in [0.1, 0.15) is 5.75 Å². The second-order valence-electron chi connectivity index (χ2n) is 4.89. The third-order valence-corrected chi connectivity index (χ3v) is 2.92. The van der Waals surface area contributed by atoms with E-state index in [1.807, 2.05) is 0 Å². The molecule has 0 saturated heterocycles.